The summed E-state index contributed by atoms with van der Waals surface area (Å²) in [6.07, 6.45) is 5.13. The molecule has 0 aromatic carbocycles. The minimum atomic E-state index is -0.329. The summed E-state index contributed by atoms with van der Waals surface area (Å²) in [5.74, 6) is 1.82. The van der Waals surface area contributed by atoms with Crippen molar-refractivity contribution in [2.75, 3.05) is 31.1 Å². The highest BCUT2D eigenvalue weighted by atomic mass is 16.2. The number of hydrogen-bond donors (Lipinski definition) is 0. The van der Waals surface area contributed by atoms with Crippen LogP contribution < -0.4 is 4.90 Å². The van der Waals surface area contributed by atoms with Gasteiger partial charge < -0.3 is 9.80 Å². The fourth-order valence-electron chi connectivity index (χ4n) is 2.65. The van der Waals surface area contributed by atoms with Crippen molar-refractivity contribution in [2.45, 2.75) is 20.8 Å². The van der Waals surface area contributed by atoms with Gasteiger partial charge in [0.25, 0.3) is 0 Å². The molecule has 3 heterocycles. The van der Waals surface area contributed by atoms with E-state index in [1.54, 1.807) is 17.2 Å². The summed E-state index contributed by atoms with van der Waals surface area (Å²) in [4.78, 5) is 25.1. The first-order valence-electron chi connectivity index (χ1n) is 7.81. The standard InChI is InChI=1S/C16H22N6O/c1-16(2,3)15(23)21-9-7-20(8-10-21)13-11-14(18-12-17-13)22-6-4-5-19-22/h4-6,11-12H,7-10H2,1-3H3. The molecule has 0 saturated carbocycles. The van der Waals surface area contributed by atoms with Gasteiger partial charge in [-0.15, -0.1) is 0 Å². The number of carbonyl (C=O) groups excluding carboxylic acids is 1. The molecule has 1 fully saturated rings. The molecule has 2 aromatic heterocycles. The maximum absolute atomic E-state index is 12.3. The van der Waals surface area contributed by atoms with Crippen molar-refractivity contribution in [1.82, 2.24) is 24.6 Å². The van der Waals surface area contributed by atoms with Gasteiger partial charge >= 0.3 is 0 Å². The van der Waals surface area contributed by atoms with Crippen LogP contribution in [0.1, 0.15) is 20.8 Å². The predicted molar refractivity (Wildman–Crippen MR) is 87.4 cm³/mol. The van der Waals surface area contributed by atoms with Crippen LogP contribution in [-0.2, 0) is 4.79 Å². The Bertz CT molecular complexity index is 668. The van der Waals surface area contributed by atoms with Crippen molar-refractivity contribution in [3.63, 3.8) is 0 Å². The number of anilines is 1. The summed E-state index contributed by atoms with van der Waals surface area (Å²) < 4.78 is 1.71. The first-order valence-corrected chi connectivity index (χ1v) is 7.81. The Hall–Kier alpha value is -2.44. The van der Waals surface area contributed by atoms with E-state index in [1.165, 1.54) is 0 Å². The smallest absolute Gasteiger partial charge is 0.228 e. The summed E-state index contributed by atoms with van der Waals surface area (Å²) in [6, 6.07) is 3.78. The van der Waals surface area contributed by atoms with Gasteiger partial charge in [0.1, 0.15) is 12.1 Å². The van der Waals surface area contributed by atoms with Crippen LogP contribution in [0.2, 0.25) is 0 Å². The van der Waals surface area contributed by atoms with Gasteiger partial charge in [-0.1, -0.05) is 20.8 Å². The van der Waals surface area contributed by atoms with Gasteiger partial charge in [0.15, 0.2) is 5.82 Å². The van der Waals surface area contributed by atoms with Crippen LogP contribution in [0.5, 0.6) is 0 Å². The number of rotatable bonds is 2. The highest BCUT2D eigenvalue weighted by Gasteiger charge is 2.30. The molecule has 0 spiro atoms. The van der Waals surface area contributed by atoms with Gasteiger partial charge in [0, 0.05) is 50.1 Å². The third kappa shape index (κ3) is 3.33. The van der Waals surface area contributed by atoms with Crippen LogP contribution in [0, 0.1) is 5.41 Å². The third-order valence-electron chi connectivity index (χ3n) is 3.91. The number of aromatic nitrogens is 4. The van der Waals surface area contributed by atoms with Crippen molar-refractivity contribution in [2.24, 2.45) is 5.41 Å². The molecule has 2 aromatic rings. The van der Waals surface area contributed by atoms with E-state index in [9.17, 15) is 4.79 Å². The molecule has 7 heteroatoms. The van der Waals surface area contributed by atoms with Gasteiger partial charge in [-0.05, 0) is 6.07 Å². The largest absolute Gasteiger partial charge is 0.353 e. The van der Waals surface area contributed by atoms with Crippen molar-refractivity contribution >= 4 is 11.7 Å². The number of piperazine rings is 1. The lowest BCUT2D eigenvalue weighted by Gasteiger charge is -2.38. The Labute approximate surface area is 135 Å². The molecule has 0 atom stereocenters. The van der Waals surface area contributed by atoms with Crippen LogP contribution in [-0.4, -0.2) is 56.7 Å². The molecule has 0 bridgehead atoms. The molecule has 0 radical (unpaired) electrons. The zero-order valence-electron chi connectivity index (χ0n) is 13.8. The number of nitrogens with zero attached hydrogens (tertiary/aromatic N) is 6. The van der Waals surface area contributed by atoms with Crippen molar-refractivity contribution in [3.05, 3.63) is 30.9 Å². The number of hydrogen-bond acceptors (Lipinski definition) is 5. The molecule has 122 valence electrons. The van der Waals surface area contributed by atoms with Crippen molar-refractivity contribution in [1.29, 1.82) is 0 Å². The topological polar surface area (TPSA) is 67.2 Å². The van der Waals surface area contributed by atoms with E-state index in [4.69, 9.17) is 0 Å². The Balaban J connectivity index is 1.69. The van der Waals surface area contributed by atoms with E-state index in [-0.39, 0.29) is 11.3 Å². The normalized spacial score (nSPS) is 15.8. The summed E-state index contributed by atoms with van der Waals surface area (Å²) in [5.41, 5.74) is -0.329. The van der Waals surface area contributed by atoms with E-state index in [2.05, 4.69) is 20.0 Å². The number of carbonyl (C=O) groups is 1. The van der Waals surface area contributed by atoms with Gasteiger partial charge in [-0.2, -0.15) is 5.10 Å². The zero-order valence-corrected chi connectivity index (χ0v) is 13.8. The predicted octanol–water partition coefficient (Wildman–Crippen LogP) is 1.36. The summed E-state index contributed by atoms with van der Waals surface area (Å²) in [5, 5.41) is 4.19. The Morgan fingerprint density at radius 3 is 2.39 bits per heavy atom. The maximum Gasteiger partial charge on any atom is 0.228 e. The van der Waals surface area contributed by atoms with E-state index in [0.717, 1.165) is 37.8 Å². The highest BCUT2D eigenvalue weighted by Crippen LogP contribution is 2.20. The van der Waals surface area contributed by atoms with Crippen LogP contribution in [0.15, 0.2) is 30.9 Å². The molecule has 23 heavy (non-hydrogen) atoms. The van der Waals surface area contributed by atoms with Crippen LogP contribution in [0.4, 0.5) is 5.82 Å². The molecule has 0 aliphatic carbocycles. The van der Waals surface area contributed by atoms with Crippen LogP contribution in [0.25, 0.3) is 5.82 Å². The second-order valence-corrected chi connectivity index (χ2v) is 6.71. The second kappa shape index (κ2) is 5.98. The Morgan fingerprint density at radius 1 is 1.09 bits per heavy atom. The summed E-state index contributed by atoms with van der Waals surface area (Å²) in [6.45, 7) is 8.87. The zero-order chi connectivity index (χ0) is 16.4. The van der Waals surface area contributed by atoms with Gasteiger partial charge in [-0.3, -0.25) is 4.79 Å². The SMILES string of the molecule is CC(C)(C)C(=O)N1CCN(c2cc(-n3cccn3)ncn2)CC1. The first kappa shape index (κ1) is 15.5. The molecular formula is C16H22N6O. The lowest BCUT2D eigenvalue weighted by Crippen LogP contribution is -2.51. The molecule has 0 unspecified atom stereocenters. The highest BCUT2D eigenvalue weighted by molar-refractivity contribution is 5.81. The van der Waals surface area contributed by atoms with E-state index < -0.39 is 0 Å². The molecule has 1 saturated heterocycles. The molecule has 0 N–H and O–H groups in total. The molecule has 1 amide bonds. The second-order valence-electron chi connectivity index (χ2n) is 6.71. The molecular weight excluding hydrogens is 292 g/mol. The molecule has 3 rings (SSSR count). The summed E-state index contributed by atoms with van der Waals surface area (Å²) in [7, 11) is 0. The maximum atomic E-state index is 12.3. The van der Waals surface area contributed by atoms with E-state index in [1.807, 2.05) is 44.0 Å². The van der Waals surface area contributed by atoms with Gasteiger partial charge in [0.05, 0.1) is 0 Å². The number of amides is 1. The van der Waals surface area contributed by atoms with Crippen LogP contribution >= 0.6 is 0 Å². The fourth-order valence-corrected chi connectivity index (χ4v) is 2.65. The summed E-state index contributed by atoms with van der Waals surface area (Å²) >= 11 is 0. The lowest BCUT2D eigenvalue weighted by atomic mass is 9.94. The minimum absolute atomic E-state index is 0.206. The Morgan fingerprint density at radius 2 is 1.78 bits per heavy atom. The minimum Gasteiger partial charge on any atom is -0.353 e. The average Bonchev–Trinajstić information content (AvgIpc) is 3.08. The van der Waals surface area contributed by atoms with Gasteiger partial charge in [-0.25, -0.2) is 14.6 Å². The monoisotopic (exact) mass is 314 g/mol. The molecule has 1 aliphatic heterocycles. The Kier molecular flexibility index (Phi) is 4.02. The molecule has 1 aliphatic rings. The van der Waals surface area contributed by atoms with E-state index >= 15 is 0 Å². The fraction of sp³-hybridized carbons (Fsp3) is 0.500. The van der Waals surface area contributed by atoms with Crippen LogP contribution in [0.3, 0.4) is 0 Å². The van der Waals surface area contributed by atoms with Crippen molar-refractivity contribution in [3.8, 4) is 5.82 Å². The van der Waals surface area contributed by atoms with Crippen molar-refractivity contribution < 1.29 is 4.79 Å². The third-order valence-corrected chi connectivity index (χ3v) is 3.91. The quantitative estimate of drug-likeness (QED) is 0.837. The van der Waals surface area contributed by atoms with E-state index in [0.29, 0.717) is 0 Å². The first-order chi connectivity index (χ1) is 10.9. The molecule has 7 nitrogen and oxygen atoms in total. The lowest BCUT2D eigenvalue weighted by molar-refractivity contribution is -0.139. The average molecular weight is 314 g/mol. The van der Waals surface area contributed by atoms with Gasteiger partial charge in [0.2, 0.25) is 5.91 Å².